The molecule has 1 fully saturated rings. The minimum Gasteiger partial charge on any atom is -0.314 e. The Labute approximate surface area is 97.4 Å². The maximum absolute atomic E-state index is 3.63. The third kappa shape index (κ3) is 2.28. The molecule has 2 heteroatoms. The van der Waals surface area contributed by atoms with E-state index in [1.165, 1.54) is 36.8 Å². The summed E-state index contributed by atoms with van der Waals surface area (Å²) in [5.74, 6) is 0. The maximum Gasteiger partial charge on any atom is 0.0335 e. The van der Waals surface area contributed by atoms with Crippen LogP contribution in [0, 0.1) is 0 Å². The normalized spacial score (nSPS) is 24.1. The number of benzene rings is 1. The van der Waals surface area contributed by atoms with E-state index in [0.29, 0.717) is 6.04 Å². The summed E-state index contributed by atoms with van der Waals surface area (Å²) >= 11 is 0. The van der Waals surface area contributed by atoms with Crippen LogP contribution in [0.5, 0.6) is 0 Å². The summed E-state index contributed by atoms with van der Waals surface area (Å²) in [6, 6.07) is 10.3. The van der Waals surface area contributed by atoms with Crippen molar-refractivity contribution < 1.29 is 0 Å². The van der Waals surface area contributed by atoms with Crippen molar-refractivity contribution in [1.29, 1.82) is 0 Å². The Hall–Kier alpha value is -0.860. The lowest BCUT2D eigenvalue weighted by Crippen LogP contribution is -2.32. The molecule has 0 spiro atoms. The summed E-state index contributed by atoms with van der Waals surface area (Å²) in [6.07, 6.45) is 5.17. The first kappa shape index (κ1) is 10.3. The second-order valence-electron chi connectivity index (χ2n) is 4.97. The van der Waals surface area contributed by atoms with Gasteiger partial charge in [0.15, 0.2) is 0 Å². The van der Waals surface area contributed by atoms with Crippen LogP contribution in [-0.2, 0) is 6.42 Å². The van der Waals surface area contributed by atoms with E-state index in [-0.39, 0.29) is 0 Å². The molecule has 1 atom stereocenters. The van der Waals surface area contributed by atoms with Gasteiger partial charge in [0.25, 0.3) is 0 Å². The molecule has 0 aromatic heterocycles. The first-order valence-electron chi connectivity index (χ1n) is 6.48. The molecule has 2 N–H and O–H groups in total. The van der Waals surface area contributed by atoms with Crippen LogP contribution in [0.4, 0.5) is 0 Å². The van der Waals surface area contributed by atoms with Crippen LogP contribution < -0.4 is 10.6 Å². The fraction of sp³-hybridized carbons (Fsp3) is 0.571. The van der Waals surface area contributed by atoms with E-state index < -0.39 is 0 Å². The number of hydrogen-bond donors (Lipinski definition) is 2. The van der Waals surface area contributed by atoms with E-state index in [0.717, 1.165) is 19.1 Å². The SMILES string of the molecule is c1ccc2c(c1)CCNC2CCNC1CC1. The molecule has 1 aromatic carbocycles. The Kier molecular flexibility index (Phi) is 2.94. The molecular weight excluding hydrogens is 196 g/mol. The average molecular weight is 216 g/mol. The van der Waals surface area contributed by atoms with Crippen LogP contribution in [0.25, 0.3) is 0 Å². The van der Waals surface area contributed by atoms with Gasteiger partial charge in [-0.1, -0.05) is 24.3 Å². The highest BCUT2D eigenvalue weighted by molar-refractivity contribution is 5.32. The molecule has 86 valence electrons. The van der Waals surface area contributed by atoms with Crippen molar-refractivity contribution >= 4 is 0 Å². The van der Waals surface area contributed by atoms with Crippen LogP contribution in [0.1, 0.15) is 36.4 Å². The van der Waals surface area contributed by atoms with Gasteiger partial charge in [0, 0.05) is 12.1 Å². The summed E-state index contributed by atoms with van der Waals surface area (Å²) in [5.41, 5.74) is 3.06. The van der Waals surface area contributed by atoms with Gasteiger partial charge in [0.1, 0.15) is 0 Å². The predicted octanol–water partition coefficient (Wildman–Crippen LogP) is 2.02. The van der Waals surface area contributed by atoms with Gasteiger partial charge in [-0.05, 0) is 49.9 Å². The molecule has 0 bridgehead atoms. The molecule has 1 aliphatic carbocycles. The maximum atomic E-state index is 3.63. The monoisotopic (exact) mass is 216 g/mol. The van der Waals surface area contributed by atoms with Gasteiger partial charge in [0.05, 0.1) is 0 Å². The molecule has 1 aromatic rings. The van der Waals surface area contributed by atoms with E-state index in [1.54, 1.807) is 0 Å². The zero-order valence-corrected chi connectivity index (χ0v) is 9.71. The Morgan fingerprint density at radius 3 is 3.00 bits per heavy atom. The van der Waals surface area contributed by atoms with Crippen molar-refractivity contribution in [2.75, 3.05) is 13.1 Å². The fourth-order valence-electron chi connectivity index (χ4n) is 2.57. The summed E-state index contributed by atoms with van der Waals surface area (Å²) in [4.78, 5) is 0. The Balaban J connectivity index is 1.62. The van der Waals surface area contributed by atoms with Gasteiger partial charge in [-0.3, -0.25) is 0 Å². The molecule has 2 nitrogen and oxygen atoms in total. The van der Waals surface area contributed by atoms with Crippen LogP contribution in [0.3, 0.4) is 0 Å². The molecule has 0 saturated heterocycles. The molecule has 1 unspecified atom stereocenters. The fourth-order valence-corrected chi connectivity index (χ4v) is 2.57. The second kappa shape index (κ2) is 4.56. The topological polar surface area (TPSA) is 24.1 Å². The summed E-state index contributed by atoms with van der Waals surface area (Å²) in [6.45, 7) is 2.28. The van der Waals surface area contributed by atoms with Crippen molar-refractivity contribution in [3.05, 3.63) is 35.4 Å². The molecular formula is C14H20N2. The highest BCUT2D eigenvalue weighted by Gasteiger charge is 2.22. The first-order valence-corrected chi connectivity index (χ1v) is 6.48. The van der Waals surface area contributed by atoms with Gasteiger partial charge >= 0.3 is 0 Å². The largest absolute Gasteiger partial charge is 0.314 e. The lowest BCUT2D eigenvalue weighted by Gasteiger charge is -2.27. The van der Waals surface area contributed by atoms with E-state index in [9.17, 15) is 0 Å². The summed E-state index contributed by atoms with van der Waals surface area (Å²) in [7, 11) is 0. The summed E-state index contributed by atoms with van der Waals surface area (Å²) < 4.78 is 0. The Bertz CT molecular complexity index is 358. The van der Waals surface area contributed by atoms with Gasteiger partial charge < -0.3 is 10.6 Å². The van der Waals surface area contributed by atoms with Crippen LogP contribution in [-0.4, -0.2) is 19.1 Å². The predicted molar refractivity (Wildman–Crippen MR) is 66.5 cm³/mol. The van der Waals surface area contributed by atoms with Crippen molar-refractivity contribution in [2.24, 2.45) is 0 Å². The lowest BCUT2D eigenvalue weighted by atomic mass is 9.92. The molecule has 0 amide bonds. The van der Waals surface area contributed by atoms with Crippen molar-refractivity contribution in [1.82, 2.24) is 10.6 Å². The third-order valence-corrected chi connectivity index (χ3v) is 3.66. The molecule has 1 aliphatic heterocycles. The van der Waals surface area contributed by atoms with E-state index in [4.69, 9.17) is 0 Å². The molecule has 1 saturated carbocycles. The Morgan fingerprint density at radius 1 is 1.25 bits per heavy atom. The van der Waals surface area contributed by atoms with Crippen molar-refractivity contribution in [3.8, 4) is 0 Å². The number of hydrogen-bond acceptors (Lipinski definition) is 2. The molecule has 3 rings (SSSR count). The first-order chi connectivity index (χ1) is 7.93. The average Bonchev–Trinajstić information content (AvgIpc) is 3.13. The van der Waals surface area contributed by atoms with Crippen LogP contribution in [0.15, 0.2) is 24.3 Å². The molecule has 2 aliphatic rings. The minimum absolute atomic E-state index is 0.566. The quantitative estimate of drug-likeness (QED) is 0.804. The number of fused-ring (bicyclic) bond motifs is 1. The third-order valence-electron chi connectivity index (χ3n) is 3.66. The van der Waals surface area contributed by atoms with Gasteiger partial charge in [-0.2, -0.15) is 0 Å². The minimum atomic E-state index is 0.566. The Morgan fingerprint density at radius 2 is 2.12 bits per heavy atom. The van der Waals surface area contributed by atoms with Gasteiger partial charge in [-0.15, -0.1) is 0 Å². The standard InChI is InChI=1S/C14H20N2/c1-2-4-13-11(3-1)7-9-16-14(13)8-10-15-12-5-6-12/h1-4,12,14-16H,5-10H2. The second-order valence-corrected chi connectivity index (χ2v) is 4.97. The number of rotatable bonds is 4. The smallest absolute Gasteiger partial charge is 0.0335 e. The van der Waals surface area contributed by atoms with Gasteiger partial charge in [0.2, 0.25) is 0 Å². The zero-order valence-electron chi connectivity index (χ0n) is 9.71. The highest BCUT2D eigenvalue weighted by atomic mass is 15.0. The van der Waals surface area contributed by atoms with Crippen LogP contribution >= 0.6 is 0 Å². The van der Waals surface area contributed by atoms with Crippen molar-refractivity contribution in [2.45, 2.75) is 37.8 Å². The van der Waals surface area contributed by atoms with Crippen LogP contribution in [0.2, 0.25) is 0 Å². The highest BCUT2D eigenvalue weighted by Crippen LogP contribution is 2.25. The van der Waals surface area contributed by atoms with Gasteiger partial charge in [-0.25, -0.2) is 0 Å². The molecule has 16 heavy (non-hydrogen) atoms. The lowest BCUT2D eigenvalue weighted by molar-refractivity contribution is 0.459. The molecule has 0 radical (unpaired) electrons. The van der Waals surface area contributed by atoms with Crippen molar-refractivity contribution in [3.63, 3.8) is 0 Å². The van der Waals surface area contributed by atoms with E-state index >= 15 is 0 Å². The zero-order chi connectivity index (χ0) is 10.8. The van der Waals surface area contributed by atoms with E-state index in [1.807, 2.05) is 0 Å². The van der Waals surface area contributed by atoms with E-state index in [2.05, 4.69) is 34.9 Å². The number of nitrogens with one attached hydrogen (secondary N) is 2. The summed E-state index contributed by atoms with van der Waals surface area (Å²) in [5, 5.41) is 7.22. The molecule has 1 heterocycles.